The molecule has 88 valence electrons. The summed E-state index contributed by atoms with van der Waals surface area (Å²) in [5, 5.41) is 0. The number of hydrogen-bond acceptors (Lipinski definition) is 0. The van der Waals surface area contributed by atoms with Gasteiger partial charge in [-0.15, -0.1) is 6.58 Å². The third-order valence-electron chi connectivity index (χ3n) is 2.85. The van der Waals surface area contributed by atoms with Crippen LogP contribution in [-0.4, -0.2) is 0 Å². The molecule has 0 amide bonds. The number of unbranched alkanes of at least 4 members (excludes halogenated alkanes) is 4. The van der Waals surface area contributed by atoms with E-state index in [-0.39, 0.29) is 0 Å². The van der Waals surface area contributed by atoms with E-state index in [0.29, 0.717) is 5.92 Å². The molecule has 1 atom stereocenters. The summed E-state index contributed by atoms with van der Waals surface area (Å²) < 4.78 is 0. The molecule has 0 heteroatoms. The molecule has 0 bridgehead atoms. The van der Waals surface area contributed by atoms with Gasteiger partial charge in [-0.3, -0.25) is 0 Å². The molecule has 15 heavy (non-hydrogen) atoms. The molecule has 0 spiro atoms. The average molecular weight is 208 g/mol. The van der Waals surface area contributed by atoms with Crippen LogP contribution < -0.4 is 0 Å². The molecule has 0 nitrogen and oxygen atoms in total. The van der Waals surface area contributed by atoms with Gasteiger partial charge in [0.2, 0.25) is 0 Å². The third kappa shape index (κ3) is 9.78. The van der Waals surface area contributed by atoms with Crippen LogP contribution in [0.25, 0.3) is 0 Å². The van der Waals surface area contributed by atoms with Gasteiger partial charge in [0.05, 0.1) is 0 Å². The van der Waals surface area contributed by atoms with Crippen molar-refractivity contribution in [1.82, 2.24) is 0 Å². The second-order valence-corrected chi connectivity index (χ2v) is 4.31. The first-order valence-electron chi connectivity index (χ1n) is 6.62. The summed E-state index contributed by atoms with van der Waals surface area (Å²) in [6, 6.07) is 0. The first kappa shape index (κ1) is 14.5. The van der Waals surface area contributed by atoms with Gasteiger partial charge >= 0.3 is 0 Å². The molecular formula is C15H28. The number of allylic oxidation sites excluding steroid dienone is 3. The van der Waals surface area contributed by atoms with E-state index in [4.69, 9.17) is 0 Å². The van der Waals surface area contributed by atoms with E-state index >= 15 is 0 Å². The third-order valence-corrected chi connectivity index (χ3v) is 2.85. The summed E-state index contributed by atoms with van der Waals surface area (Å²) >= 11 is 0. The standard InChI is InChI=1S/C15H28/c1-4-7-9-10-12-14-15(6-3)13-11-8-5-2/h6,8,11,15H,3-5,7,9-10,12-14H2,1-2H3. The highest BCUT2D eigenvalue weighted by Gasteiger charge is 2.01. The summed E-state index contributed by atoms with van der Waals surface area (Å²) in [6.45, 7) is 8.37. The zero-order valence-corrected chi connectivity index (χ0v) is 10.7. The Labute approximate surface area is 96.5 Å². The van der Waals surface area contributed by atoms with Crippen LogP contribution in [0.2, 0.25) is 0 Å². The van der Waals surface area contributed by atoms with E-state index in [9.17, 15) is 0 Å². The predicted molar refractivity (Wildman–Crippen MR) is 71.1 cm³/mol. The minimum absolute atomic E-state index is 0.703. The molecule has 0 aliphatic carbocycles. The van der Waals surface area contributed by atoms with E-state index in [2.05, 4.69) is 38.7 Å². The molecule has 0 rings (SSSR count). The topological polar surface area (TPSA) is 0 Å². The summed E-state index contributed by atoms with van der Waals surface area (Å²) in [6.07, 6.45) is 17.3. The molecule has 0 aromatic rings. The summed E-state index contributed by atoms with van der Waals surface area (Å²) in [5.41, 5.74) is 0. The average Bonchev–Trinajstić information content (AvgIpc) is 2.26. The van der Waals surface area contributed by atoms with E-state index in [0.717, 1.165) is 6.42 Å². The van der Waals surface area contributed by atoms with E-state index in [1.165, 1.54) is 44.9 Å². The Bertz CT molecular complexity index is 155. The van der Waals surface area contributed by atoms with E-state index < -0.39 is 0 Å². The van der Waals surface area contributed by atoms with Gasteiger partial charge in [-0.2, -0.15) is 0 Å². The van der Waals surface area contributed by atoms with Gasteiger partial charge in [-0.1, -0.05) is 64.2 Å². The van der Waals surface area contributed by atoms with Gasteiger partial charge < -0.3 is 0 Å². The molecule has 0 fully saturated rings. The molecule has 0 aliphatic rings. The highest BCUT2D eigenvalue weighted by atomic mass is 14.1. The Balaban J connectivity index is 3.44. The molecule has 0 aromatic carbocycles. The maximum Gasteiger partial charge on any atom is -0.0202 e. The van der Waals surface area contributed by atoms with Crippen molar-refractivity contribution in [2.45, 2.75) is 65.2 Å². The van der Waals surface area contributed by atoms with Gasteiger partial charge in [0.25, 0.3) is 0 Å². The predicted octanol–water partition coefficient (Wildman–Crippen LogP) is 5.51. The first-order valence-corrected chi connectivity index (χ1v) is 6.62. The van der Waals surface area contributed by atoms with Crippen molar-refractivity contribution in [3.05, 3.63) is 24.8 Å². The molecule has 0 radical (unpaired) electrons. The largest absolute Gasteiger partial charge is 0.103 e. The lowest BCUT2D eigenvalue weighted by Gasteiger charge is -2.09. The second kappa shape index (κ2) is 11.6. The fourth-order valence-corrected chi connectivity index (χ4v) is 1.78. The van der Waals surface area contributed by atoms with Crippen LogP contribution in [0.3, 0.4) is 0 Å². The van der Waals surface area contributed by atoms with Crippen molar-refractivity contribution in [3.8, 4) is 0 Å². The van der Waals surface area contributed by atoms with Crippen molar-refractivity contribution < 1.29 is 0 Å². The maximum atomic E-state index is 3.92. The van der Waals surface area contributed by atoms with Crippen LogP contribution >= 0.6 is 0 Å². The zero-order valence-electron chi connectivity index (χ0n) is 10.7. The fourth-order valence-electron chi connectivity index (χ4n) is 1.78. The van der Waals surface area contributed by atoms with Crippen LogP contribution in [0.15, 0.2) is 24.8 Å². The van der Waals surface area contributed by atoms with Crippen molar-refractivity contribution in [2.24, 2.45) is 5.92 Å². The lowest BCUT2D eigenvalue weighted by atomic mass is 9.97. The zero-order chi connectivity index (χ0) is 11.4. The minimum Gasteiger partial charge on any atom is -0.103 e. The first-order chi connectivity index (χ1) is 7.35. The van der Waals surface area contributed by atoms with Crippen LogP contribution in [0.4, 0.5) is 0 Å². The van der Waals surface area contributed by atoms with Crippen LogP contribution in [0, 0.1) is 5.92 Å². The number of rotatable bonds is 10. The molecule has 0 heterocycles. The van der Waals surface area contributed by atoms with Crippen LogP contribution in [0.5, 0.6) is 0 Å². The number of hydrogen-bond donors (Lipinski definition) is 0. The second-order valence-electron chi connectivity index (χ2n) is 4.31. The van der Waals surface area contributed by atoms with E-state index in [1.54, 1.807) is 0 Å². The van der Waals surface area contributed by atoms with Crippen molar-refractivity contribution >= 4 is 0 Å². The summed E-state index contributed by atoms with van der Waals surface area (Å²) in [5.74, 6) is 0.703. The van der Waals surface area contributed by atoms with Crippen LogP contribution in [-0.2, 0) is 0 Å². The Hall–Kier alpha value is -0.520. The summed E-state index contributed by atoms with van der Waals surface area (Å²) in [7, 11) is 0. The van der Waals surface area contributed by atoms with Crippen LogP contribution in [0.1, 0.15) is 65.2 Å². The van der Waals surface area contributed by atoms with Crippen molar-refractivity contribution in [1.29, 1.82) is 0 Å². The van der Waals surface area contributed by atoms with Gasteiger partial charge in [-0.25, -0.2) is 0 Å². The highest BCUT2D eigenvalue weighted by Crippen LogP contribution is 2.16. The molecule has 0 aromatic heterocycles. The molecule has 0 saturated carbocycles. The maximum absolute atomic E-state index is 3.92. The van der Waals surface area contributed by atoms with Gasteiger partial charge in [0, 0.05) is 0 Å². The quantitative estimate of drug-likeness (QED) is 0.328. The summed E-state index contributed by atoms with van der Waals surface area (Å²) in [4.78, 5) is 0. The van der Waals surface area contributed by atoms with E-state index in [1.807, 2.05) is 0 Å². The lowest BCUT2D eigenvalue weighted by molar-refractivity contribution is 0.527. The molecule has 0 aliphatic heterocycles. The van der Waals surface area contributed by atoms with Gasteiger partial charge in [0.15, 0.2) is 0 Å². The van der Waals surface area contributed by atoms with Gasteiger partial charge in [0.1, 0.15) is 0 Å². The Morgan fingerprint density at radius 2 is 1.73 bits per heavy atom. The molecule has 1 unspecified atom stereocenters. The van der Waals surface area contributed by atoms with Crippen molar-refractivity contribution in [2.75, 3.05) is 0 Å². The minimum atomic E-state index is 0.703. The van der Waals surface area contributed by atoms with Crippen molar-refractivity contribution in [3.63, 3.8) is 0 Å². The molecular weight excluding hydrogens is 180 g/mol. The normalized spacial score (nSPS) is 13.2. The Morgan fingerprint density at radius 3 is 2.33 bits per heavy atom. The highest BCUT2D eigenvalue weighted by molar-refractivity contribution is 4.89. The smallest absolute Gasteiger partial charge is 0.0202 e. The SMILES string of the molecule is C=CC(CC=CCC)CCCCCCC. The Kier molecular flexibility index (Phi) is 11.2. The lowest BCUT2D eigenvalue weighted by Crippen LogP contribution is -1.94. The molecule has 0 saturated heterocycles. The Morgan fingerprint density at radius 1 is 1.00 bits per heavy atom. The van der Waals surface area contributed by atoms with Gasteiger partial charge in [-0.05, 0) is 25.2 Å². The fraction of sp³-hybridized carbons (Fsp3) is 0.733. The molecule has 0 N–H and O–H groups in total. The monoisotopic (exact) mass is 208 g/mol.